The third-order valence-electron chi connectivity index (χ3n) is 2.32. The van der Waals surface area contributed by atoms with Crippen LogP contribution < -0.4 is 0 Å². The van der Waals surface area contributed by atoms with Gasteiger partial charge >= 0.3 is 6.09 Å². The molecule has 6 nitrogen and oxygen atoms in total. The molecule has 0 aromatic heterocycles. The van der Waals surface area contributed by atoms with Crippen molar-refractivity contribution in [2.24, 2.45) is 5.16 Å². The fourth-order valence-corrected chi connectivity index (χ4v) is 1.39. The van der Waals surface area contributed by atoms with Gasteiger partial charge < -0.3 is 19.6 Å². The highest BCUT2D eigenvalue weighted by Crippen LogP contribution is 2.02. The van der Waals surface area contributed by atoms with Crippen LogP contribution in [0.3, 0.4) is 0 Å². The number of rotatable bonds is 7. The normalized spacial score (nSPS) is 10.4. The van der Waals surface area contributed by atoms with Crippen molar-refractivity contribution in [1.82, 2.24) is 4.90 Å². The Morgan fingerprint density at radius 3 is 2.79 bits per heavy atom. The van der Waals surface area contributed by atoms with Crippen LogP contribution in [-0.4, -0.2) is 49.1 Å². The van der Waals surface area contributed by atoms with Crippen molar-refractivity contribution < 1.29 is 19.5 Å². The van der Waals surface area contributed by atoms with Gasteiger partial charge in [0.15, 0.2) is 0 Å². The average molecular weight is 266 g/mol. The smallest absolute Gasteiger partial charge is 0.410 e. The summed E-state index contributed by atoms with van der Waals surface area (Å²) in [5.41, 5.74) is 0.908. The molecule has 0 spiro atoms. The number of hydrogen-bond acceptors (Lipinski definition) is 5. The summed E-state index contributed by atoms with van der Waals surface area (Å²) in [6.07, 6.45) is 0.930. The zero-order valence-electron chi connectivity index (χ0n) is 10.9. The molecule has 0 fully saturated rings. The van der Waals surface area contributed by atoms with Crippen LogP contribution in [0.1, 0.15) is 5.56 Å². The number of carbonyl (C=O) groups excluding carboxylic acids is 1. The van der Waals surface area contributed by atoms with E-state index in [2.05, 4.69) is 9.99 Å². The molecular formula is C13H18N2O4. The van der Waals surface area contributed by atoms with Crippen LogP contribution >= 0.6 is 0 Å². The second kappa shape index (κ2) is 8.93. The van der Waals surface area contributed by atoms with Crippen molar-refractivity contribution >= 4 is 12.3 Å². The van der Waals surface area contributed by atoms with Crippen molar-refractivity contribution in [2.45, 2.75) is 6.61 Å². The quantitative estimate of drug-likeness (QED) is 0.595. The Kier molecular flexibility index (Phi) is 7.04. The van der Waals surface area contributed by atoms with Crippen molar-refractivity contribution in [3.8, 4) is 0 Å². The number of aliphatic hydroxyl groups is 1. The predicted molar refractivity (Wildman–Crippen MR) is 70.8 cm³/mol. The van der Waals surface area contributed by atoms with E-state index in [-0.39, 0.29) is 26.3 Å². The van der Waals surface area contributed by atoms with E-state index in [1.807, 2.05) is 30.3 Å². The summed E-state index contributed by atoms with van der Waals surface area (Å²) in [5.74, 6) is 0. The first kappa shape index (κ1) is 15.0. The van der Waals surface area contributed by atoms with Crippen LogP contribution in [0.15, 0.2) is 35.5 Å². The van der Waals surface area contributed by atoms with E-state index < -0.39 is 6.09 Å². The molecule has 0 aliphatic rings. The molecule has 6 heteroatoms. The lowest BCUT2D eigenvalue weighted by Gasteiger charge is -2.19. The lowest BCUT2D eigenvalue weighted by Crippen LogP contribution is -2.35. The number of amides is 1. The number of benzene rings is 1. The Bertz CT molecular complexity index is 395. The molecule has 1 aromatic carbocycles. The van der Waals surface area contributed by atoms with Gasteiger partial charge in [0.25, 0.3) is 0 Å². The minimum absolute atomic E-state index is 0.138. The van der Waals surface area contributed by atoms with Gasteiger partial charge in [-0.2, -0.15) is 0 Å². The highest BCUT2D eigenvalue weighted by Gasteiger charge is 2.13. The Balaban J connectivity index is 2.45. The lowest BCUT2D eigenvalue weighted by molar-refractivity contribution is 0.0941. The molecule has 1 amide bonds. The molecule has 0 unspecified atom stereocenters. The van der Waals surface area contributed by atoms with Gasteiger partial charge in [-0.3, -0.25) is 0 Å². The number of hydrogen-bond donors (Lipinski definition) is 1. The van der Waals surface area contributed by atoms with E-state index >= 15 is 0 Å². The first-order valence-corrected chi connectivity index (χ1v) is 5.89. The summed E-state index contributed by atoms with van der Waals surface area (Å²) < 4.78 is 5.15. The standard InChI is InChI=1S/C13H18N2O4/c1-18-14-7-8-15(9-10-16)13(17)19-11-12-5-3-2-4-6-12/h2-7,16H,8-11H2,1H3/b14-7+. The van der Waals surface area contributed by atoms with Gasteiger partial charge in [-0.15, -0.1) is 0 Å². The fourth-order valence-electron chi connectivity index (χ4n) is 1.39. The number of ether oxygens (including phenoxy) is 1. The summed E-state index contributed by atoms with van der Waals surface area (Å²) in [5, 5.41) is 12.4. The Morgan fingerprint density at radius 2 is 2.16 bits per heavy atom. The summed E-state index contributed by atoms with van der Waals surface area (Å²) in [7, 11) is 1.42. The molecule has 19 heavy (non-hydrogen) atoms. The zero-order valence-corrected chi connectivity index (χ0v) is 10.9. The van der Waals surface area contributed by atoms with E-state index in [1.165, 1.54) is 18.2 Å². The molecule has 1 rings (SSSR count). The van der Waals surface area contributed by atoms with Gasteiger partial charge in [0.1, 0.15) is 13.7 Å². The molecule has 0 bridgehead atoms. The van der Waals surface area contributed by atoms with E-state index in [4.69, 9.17) is 9.84 Å². The fraction of sp³-hybridized carbons (Fsp3) is 0.385. The van der Waals surface area contributed by atoms with E-state index in [0.29, 0.717) is 0 Å². The summed E-state index contributed by atoms with van der Waals surface area (Å²) in [6, 6.07) is 9.39. The Morgan fingerprint density at radius 1 is 1.42 bits per heavy atom. The Hall–Kier alpha value is -2.08. The molecule has 1 N–H and O–H groups in total. The number of aliphatic hydroxyl groups excluding tert-OH is 1. The minimum Gasteiger partial charge on any atom is -0.445 e. The monoisotopic (exact) mass is 266 g/mol. The molecule has 104 valence electrons. The largest absolute Gasteiger partial charge is 0.445 e. The van der Waals surface area contributed by atoms with Gasteiger partial charge in [-0.25, -0.2) is 4.79 Å². The molecule has 0 saturated carbocycles. The zero-order chi connectivity index (χ0) is 13.9. The SMILES string of the molecule is CO/N=C/CN(CCO)C(=O)OCc1ccccc1. The lowest BCUT2D eigenvalue weighted by atomic mass is 10.2. The molecule has 0 saturated heterocycles. The highest BCUT2D eigenvalue weighted by molar-refractivity contribution is 5.72. The van der Waals surface area contributed by atoms with E-state index in [0.717, 1.165) is 5.56 Å². The predicted octanol–water partition coefficient (Wildman–Crippen LogP) is 1.25. The van der Waals surface area contributed by atoms with Crippen LogP contribution in [0.5, 0.6) is 0 Å². The molecule has 0 radical (unpaired) electrons. The maximum atomic E-state index is 11.8. The number of carbonyl (C=O) groups is 1. The van der Waals surface area contributed by atoms with Crippen LogP contribution in [0.4, 0.5) is 4.79 Å². The van der Waals surface area contributed by atoms with Crippen LogP contribution in [0.2, 0.25) is 0 Å². The molecular weight excluding hydrogens is 248 g/mol. The third-order valence-corrected chi connectivity index (χ3v) is 2.32. The van der Waals surface area contributed by atoms with Crippen LogP contribution in [-0.2, 0) is 16.2 Å². The third kappa shape index (κ3) is 5.87. The molecule has 0 aliphatic carbocycles. The average Bonchev–Trinajstić information content (AvgIpc) is 2.45. The topological polar surface area (TPSA) is 71.4 Å². The Labute approximate surface area is 112 Å². The maximum absolute atomic E-state index is 11.8. The van der Waals surface area contributed by atoms with E-state index in [1.54, 1.807) is 0 Å². The summed E-state index contributed by atoms with van der Waals surface area (Å²) in [6.45, 7) is 0.468. The highest BCUT2D eigenvalue weighted by atomic mass is 16.6. The first-order valence-electron chi connectivity index (χ1n) is 5.89. The van der Waals surface area contributed by atoms with E-state index in [9.17, 15) is 4.79 Å². The molecule has 0 atom stereocenters. The summed E-state index contributed by atoms with van der Waals surface area (Å²) in [4.78, 5) is 17.6. The number of nitrogens with zero attached hydrogens (tertiary/aromatic N) is 2. The number of oxime groups is 1. The van der Waals surface area contributed by atoms with Crippen LogP contribution in [0.25, 0.3) is 0 Å². The van der Waals surface area contributed by atoms with Crippen molar-refractivity contribution in [3.05, 3.63) is 35.9 Å². The first-order chi connectivity index (χ1) is 9.27. The van der Waals surface area contributed by atoms with Gasteiger partial charge in [0.2, 0.25) is 0 Å². The van der Waals surface area contributed by atoms with Crippen molar-refractivity contribution in [1.29, 1.82) is 0 Å². The molecule has 0 aliphatic heterocycles. The van der Waals surface area contributed by atoms with Gasteiger partial charge in [0.05, 0.1) is 19.4 Å². The van der Waals surface area contributed by atoms with Gasteiger partial charge in [-0.1, -0.05) is 35.5 Å². The second-order valence-electron chi connectivity index (χ2n) is 3.68. The minimum atomic E-state index is -0.500. The van der Waals surface area contributed by atoms with Crippen molar-refractivity contribution in [2.75, 3.05) is 26.8 Å². The maximum Gasteiger partial charge on any atom is 0.410 e. The molecule has 0 heterocycles. The molecule has 1 aromatic rings. The van der Waals surface area contributed by atoms with Gasteiger partial charge in [-0.05, 0) is 5.56 Å². The van der Waals surface area contributed by atoms with Gasteiger partial charge in [0, 0.05) is 6.54 Å². The summed E-state index contributed by atoms with van der Waals surface area (Å²) >= 11 is 0. The van der Waals surface area contributed by atoms with Crippen molar-refractivity contribution in [3.63, 3.8) is 0 Å². The van der Waals surface area contributed by atoms with Crippen LogP contribution in [0, 0.1) is 0 Å². The second-order valence-corrected chi connectivity index (χ2v) is 3.68.